The zero-order valence-electron chi connectivity index (χ0n) is 6.40. The molecule has 1 aromatic rings. The highest BCUT2D eigenvalue weighted by atomic mass is 127. The highest BCUT2D eigenvalue weighted by Crippen LogP contribution is 2.34. The minimum Gasteiger partial charge on any atom is -0.397 e. The van der Waals surface area contributed by atoms with E-state index in [9.17, 15) is 13.2 Å². The maximum absolute atomic E-state index is 11.8. The van der Waals surface area contributed by atoms with Crippen LogP contribution in [0.1, 0.15) is 0 Å². The topological polar surface area (TPSA) is 48.1 Å². The van der Waals surface area contributed by atoms with Crippen LogP contribution >= 0.6 is 38.5 Å². The lowest BCUT2D eigenvalue weighted by molar-refractivity contribution is -0.276. The number of alkyl halides is 3. The molecule has 1 rings (SSSR count). The maximum atomic E-state index is 11.8. The first kappa shape index (κ1) is 11.8. The van der Waals surface area contributed by atoms with E-state index in [1.54, 1.807) is 0 Å². The van der Waals surface area contributed by atoms with Crippen molar-refractivity contribution in [2.45, 2.75) is 6.36 Å². The zero-order valence-corrected chi connectivity index (χ0v) is 10.1. The molecule has 2 N–H and O–H groups in total. The first-order chi connectivity index (χ1) is 6.31. The van der Waals surface area contributed by atoms with Crippen LogP contribution in [-0.2, 0) is 0 Å². The number of hydrogen-bond donors (Lipinski definition) is 1. The van der Waals surface area contributed by atoms with Gasteiger partial charge in [-0.1, -0.05) is 0 Å². The van der Waals surface area contributed by atoms with Crippen LogP contribution in [0.3, 0.4) is 0 Å². The molecule has 0 amide bonds. The molecule has 14 heavy (non-hydrogen) atoms. The fourth-order valence-corrected chi connectivity index (χ4v) is 1.82. The molecule has 0 radical (unpaired) electrons. The molecular weight excluding hydrogens is 380 g/mol. The quantitative estimate of drug-likeness (QED) is 0.760. The lowest BCUT2D eigenvalue weighted by Crippen LogP contribution is -2.18. The number of anilines is 1. The summed E-state index contributed by atoms with van der Waals surface area (Å²) in [5.41, 5.74) is 5.63. The molecule has 0 aliphatic carbocycles. The van der Waals surface area contributed by atoms with Gasteiger partial charge in [-0.3, -0.25) is 0 Å². The van der Waals surface area contributed by atoms with E-state index >= 15 is 0 Å². The van der Waals surface area contributed by atoms with Gasteiger partial charge >= 0.3 is 6.36 Å². The number of aromatic nitrogens is 1. The van der Waals surface area contributed by atoms with E-state index in [-0.39, 0.29) is 10.2 Å². The number of nitrogens with zero attached hydrogens (tertiary/aromatic N) is 1. The summed E-state index contributed by atoms with van der Waals surface area (Å²) in [6, 6.07) is 0. The molecule has 3 nitrogen and oxygen atoms in total. The van der Waals surface area contributed by atoms with E-state index in [0.29, 0.717) is 3.57 Å². The molecule has 0 saturated carbocycles. The number of pyridine rings is 1. The zero-order chi connectivity index (χ0) is 10.9. The average Bonchev–Trinajstić information content (AvgIpc) is 2.04. The Morgan fingerprint density at radius 2 is 2.07 bits per heavy atom. The van der Waals surface area contributed by atoms with Crippen LogP contribution in [0.2, 0.25) is 0 Å². The number of hydrogen-bond acceptors (Lipinski definition) is 3. The van der Waals surface area contributed by atoms with Gasteiger partial charge in [-0.15, -0.1) is 13.2 Å². The summed E-state index contributed by atoms with van der Waals surface area (Å²) < 4.78 is 39.7. The highest BCUT2D eigenvalue weighted by molar-refractivity contribution is 14.1. The first-order valence-corrected chi connectivity index (χ1v) is 5.03. The van der Waals surface area contributed by atoms with E-state index < -0.39 is 12.2 Å². The molecule has 0 aliphatic rings. The molecule has 8 heteroatoms. The molecule has 0 fully saturated rings. The summed E-state index contributed by atoms with van der Waals surface area (Å²) in [6.45, 7) is 0. The molecular formula is C6H3BrF3IN2O. The van der Waals surface area contributed by atoms with E-state index in [0.717, 1.165) is 0 Å². The van der Waals surface area contributed by atoms with E-state index in [1.165, 1.54) is 6.20 Å². The van der Waals surface area contributed by atoms with Crippen molar-refractivity contribution in [1.29, 1.82) is 0 Å². The van der Waals surface area contributed by atoms with Gasteiger partial charge in [-0.05, 0) is 38.5 Å². The number of nitrogens with two attached hydrogens (primary N) is 1. The van der Waals surface area contributed by atoms with Gasteiger partial charge in [-0.25, -0.2) is 4.98 Å². The van der Waals surface area contributed by atoms with Crippen molar-refractivity contribution >= 4 is 44.2 Å². The largest absolute Gasteiger partial charge is 0.574 e. The monoisotopic (exact) mass is 382 g/mol. The standard InChI is InChI=1S/C6H3BrF3IN2O/c7-3-4(12)2(11)1-13-5(3)14-6(8,9)10/h1H,(H2,12,13). The van der Waals surface area contributed by atoms with Crippen molar-refractivity contribution < 1.29 is 17.9 Å². The molecule has 0 bridgehead atoms. The van der Waals surface area contributed by atoms with Gasteiger partial charge in [0.1, 0.15) is 4.47 Å². The second-order valence-corrected chi connectivity index (χ2v) is 4.14. The van der Waals surface area contributed by atoms with Gasteiger partial charge in [0, 0.05) is 6.20 Å². The number of halogens is 5. The van der Waals surface area contributed by atoms with Crippen molar-refractivity contribution in [3.05, 3.63) is 14.2 Å². The fourth-order valence-electron chi connectivity index (χ4n) is 0.642. The second-order valence-electron chi connectivity index (χ2n) is 2.19. The lowest BCUT2D eigenvalue weighted by Gasteiger charge is -2.10. The number of nitrogen functional groups attached to an aromatic ring is 1. The van der Waals surface area contributed by atoms with Crippen LogP contribution in [0.5, 0.6) is 5.88 Å². The van der Waals surface area contributed by atoms with Gasteiger partial charge in [0.15, 0.2) is 0 Å². The Bertz CT molecular complexity index is 358. The van der Waals surface area contributed by atoms with Crippen LogP contribution in [-0.4, -0.2) is 11.3 Å². The maximum Gasteiger partial charge on any atom is 0.574 e. The van der Waals surface area contributed by atoms with Gasteiger partial charge < -0.3 is 10.5 Å². The smallest absolute Gasteiger partial charge is 0.397 e. The third-order valence-electron chi connectivity index (χ3n) is 1.19. The van der Waals surface area contributed by atoms with Crippen LogP contribution in [0.4, 0.5) is 18.9 Å². The summed E-state index contributed by atoms with van der Waals surface area (Å²) in [5.74, 6) is -0.588. The van der Waals surface area contributed by atoms with Crippen molar-refractivity contribution in [2.24, 2.45) is 0 Å². The Hall–Kier alpha value is -0.250. The van der Waals surface area contributed by atoms with E-state index in [1.807, 2.05) is 22.6 Å². The fraction of sp³-hybridized carbons (Fsp3) is 0.167. The van der Waals surface area contributed by atoms with Crippen LogP contribution in [0, 0.1) is 3.57 Å². The molecule has 0 atom stereocenters. The van der Waals surface area contributed by atoms with Crippen molar-refractivity contribution in [3.63, 3.8) is 0 Å². The van der Waals surface area contributed by atoms with Gasteiger partial charge in [0.2, 0.25) is 5.88 Å². The minimum atomic E-state index is -4.77. The third kappa shape index (κ3) is 2.87. The van der Waals surface area contributed by atoms with Gasteiger partial charge in [-0.2, -0.15) is 0 Å². The van der Waals surface area contributed by atoms with Crippen LogP contribution in [0.15, 0.2) is 10.7 Å². The summed E-state index contributed by atoms with van der Waals surface area (Å²) in [7, 11) is 0. The number of ether oxygens (including phenoxy) is 1. The third-order valence-corrected chi connectivity index (χ3v) is 2.82. The van der Waals surface area contributed by atoms with Crippen LogP contribution in [0.25, 0.3) is 0 Å². The molecule has 1 heterocycles. The summed E-state index contributed by atoms with van der Waals surface area (Å²) in [6.07, 6.45) is -3.57. The first-order valence-electron chi connectivity index (χ1n) is 3.16. The summed E-state index contributed by atoms with van der Waals surface area (Å²) >= 11 is 4.72. The van der Waals surface area contributed by atoms with Crippen molar-refractivity contribution in [3.8, 4) is 5.88 Å². The second kappa shape index (κ2) is 4.09. The van der Waals surface area contributed by atoms with E-state index in [2.05, 4.69) is 25.7 Å². The van der Waals surface area contributed by atoms with E-state index in [4.69, 9.17) is 5.73 Å². The van der Waals surface area contributed by atoms with Crippen molar-refractivity contribution in [2.75, 3.05) is 5.73 Å². The Kier molecular flexibility index (Phi) is 3.45. The molecule has 0 unspecified atom stereocenters. The Balaban J connectivity index is 3.06. The average molecular weight is 383 g/mol. The summed E-state index contributed by atoms with van der Waals surface area (Å²) in [4.78, 5) is 3.45. The number of rotatable bonds is 1. The molecule has 0 spiro atoms. The molecule has 0 saturated heterocycles. The van der Waals surface area contributed by atoms with Gasteiger partial charge in [0.25, 0.3) is 0 Å². The predicted molar refractivity (Wildman–Crippen MR) is 55.7 cm³/mol. The molecule has 0 aromatic carbocycles. The normalized spacial score (nSPS) is 11.5. The summed E-state index contributed by atoms with van der Waals surface area (Å²) in [5, 5.41) is 0. The van der Waals surface area contributed by atoms with Crippen molar-refractivity contribution in [1.82, 2.24) is 4.98 Å². The Labute approximate surface area is 99.1 Å². The Morgan fingerprint density at radius 1 is 1.50 bits per heavy atom. The predicted octanol–water partition coefficient (Wildman–Crippen LogP) is 2.93. The minimum absolute atomic E-state index is 0.00160. The Morgan fingerprint density at radius 3 is 2.57 bits per heavy atom. The molecule has 1 aromatic heterocycles. The van der Waals surface area contributed by atoms with Gasteiger partial charge in [0.05, 0.1) is 9.26 Å². The lowest BCUT2D eigenvalue weighted by atomic mass is 10.4. The van der Waals surface area contributed by atoms with Crippen LogP contribution < -0.4 is 10.5 Å². The molecule has 78 valence electrons. The molecule has 0 aliphatic heterocycles. The SMILES string of the molecule is Nc1c(I)cnc(OC(F)(F)F)c1Br. The highest BCUT2D eigenvalue weighted by Gasteiger charge is 2.33.